The zero-order chi connectivity index (χ0) is 34.4. The second-order valence-corrected chi connectivity index (χ2v) is 15.2. The molecule has 0 spiro atoms. The highest BCUT2D eigenvalue weighted by Crippen LogP contribution is 2.49. The Balaban J connectivity index is 1.05. The number of rotatable bonds is 5. The van der Waals surface area contributed by atoms with Gasteiger partial charge in [-0.25, -0.2) is 0 Å². The second kappa shape index (κ2) is 13.3. The van der Waals surface area contributed by atoms with Gasteiger partial charge in [-0.1, -0.05) is 170 Å². The molecule has 3 aromatic rings. The Morgan fingerprint density at radius 1 is 0.519 bits per heavy atom. The van der Waals surface area contributed by atoms with Gasteiger partial charge in [-0.2, -0.15) is 0 Å². The third-order valence-electron chi connectivity index (χ3n) is 12.4. The van der Waals surface area contributed by atoms with Crippen LogP contribution < -0.4 is 10.4 Å². The van der Waals surface area contributed by atoms with Crippen molar-refractivity contribution in [1.29, 1.82) is 0 Å². The first-order valence-electron chi connectivity index (χ1n) is 19.4. The first kappa shape index (κ1) is 31.3. The summed E-state index contributed by atoms with van der Waals surface area (Å²) < 4.78 is 0. The number of hydrogen-bond acceptors (Lipinski definition) is 0. The van der Waals surface area contributed by atoms with Gasteiger partial charge in [0.15, 0.2) is 0 Å². The van der Waals surface area contributed by atoms with Gasteiger partial charge in [0.25, 0.3) is 0 Å². The largest absolute Gasteiger partial charge is 0.0842 e. The van der Waals surface area contributed by atoms with Crippen LogP contribution in [0.5, 0.6) is 0 Å². The zero-order valence-electron chi connectivity index (χ0n) is 29.7. The second-order valence-electron chi connectivity index (χ2n) is 15.2. The van der Waals surface area contributed by atoms with Gasteiger partial charge in [0.05, 0.1) is 0 Å². The maximum atomic E-state index is 2.59. The maximum Gasteiger partial charge on any atom is 0.0134 e. The summed E-state index contributed by atoms with van der Waals surface area (Å²) in [5.74, 6) is 1.45. The quantitative estimate of drug-likeness (QED) is 0.254. The lowest BCUT2D eigenvalue weighted by molar-refractivity contribution is 0.583. The van der Waals surface area contributed by atoms with E-state index in [0.29, 0.717) is 23.7 Å². The van der Waals surface area contributed by atoms with Gasteiger partial charge in [0.2, 0.25) is 0 Å². The standard InChI is InChI=1S/C52H44/c1-2-14-36(15-3-1)42-33-32-37(40-17-6-7-19-43(40)42)29-26-35-27-30-38(31-28-35)51-46-22-10-12-24-48(46)52(49-25-13-11-23-47(49)51)50-34-39-16-4-5-18-41(39)44-20-8-9-21-45(44)50/h1-2,5-14,17-27,29-30,32-34,44-46,48H,3-4,15-16,28,31H2. The first-order chi connectivity index (χ1) is 25.8. The van der Waals surface area contributed by atoms with E-state index >= 15 is 0 Å². The molecule has 0 bridgehead atoms. The van der Waals surface area contributed by atoms with Crippen LogP contribution in [0.4, 0.5) is 0 Å². The fourth-order valence-electron chi connectivity index (χ4n) is 9.92. The highest BCUT2D eigenvalue weighted by molar-refractivity contribution is 5.99. The molecular formula is C52H44. The van der Waals surface area contributed by atoms with Crippen LogP contribution in [0.2, 0.25) is 0 Å². The molecule has 4 unspecified atom stereocenters. The Morgan fingerprint density at radius 2 is 1.25 bits per heavy atom. The van der Waals surface area contributed by atoms with E-state index in [-0.39, 0.29) is 0 Å². The van der Waals surface area contributed by atoms with Crippen LogP contribution in [0.3, 0.4) is 0 Å². The summed E-state index contributed by atoms with van der Waals surface area (Å²) in [4.78, 5) is 0. The molecule has 10 rings (SSSR count). The average Bonchev–Trinajstić information content (AvgIpc) is 3.22. The van der Waals surface area contributed by atoms with E-state index in [1.165, 1.54) is 76.9 Å². The first-order valence-corrected chi connectivity index (χ1v) is 19.4. The lowest BCUT2D eigenvalue weighted by atomic mass is 9.63. The van der Waals surface area contributed by atoms with Gasteiger partial charge in [0, 0.05) is 23.7 Å². The minimum absolute atomic E-state index is 0.324. The van der Waals surface area contributed by atoms with E-state index in [4.69, 9.17) is 0 Å². The van der Waals surface area contributed by atoms with Crippen molar-refractivity contribution >= 4 is 33.6 Å². The van der Waals surface area contributed by atoms with Gasteiger partial charge >= 0.3 is 0 Å². The maximum absolute atomic E-state index is 2.59. The summed E-state index contributed by atoms with van der Waals surface area (Å²) in [7, 11) is 0. The Bertz CT molecular complexity index is 2520. The van der Waals surface area contributed by atoms with Crippen LogP contribution in [0.1, 0.15) is 49.7 Å². The van der Waals surface area contributed by atoms with Gasteiger partial charge in [-0.3, -0.25) is 0 Å². The third kappa shape index (κ3) is 5.36. The van der Waals surface area contributed by atoms with Crippen LogP contribution >= 0.6 is 0 Å². The molecule has 0 nitrogen and oxygen atoms in total. The van der Waals surface area contributed by atoms with Crippen molar-refractivity contribution in [3.8, 4) is 0 Å². The molecule has 0 heterocycles. The van der Waals surface area contributed by atoms with E-state index in [2.05, 4.69) is 170 Å². The topological polar surface area (TPSA) is 0 Å². The fourth-order valence-corrected chi connectivity index (χ4v) is 9.92. The van der Waals surface area contributed by atoms with Gasteiger partial charge < -0.3 is 0 Å². The summed E-state index contributed by atoms with van der Waals surface area (Å²) in [6, 6.07) is 22.9. The molecule has 0 saturated carbocycles. The molecule has 0 N–H and O–H groups in total. The molecule has 7 aliphatic carbocycles. The molecule has 4 atom stereocenters. The van der Waals surface area contributed by atoms with Gasteiger partial charge in [0.1, 0.15) is 0 Å². The zero-order valence-corrected chi connectivity index (χ0v) is 29.7. The Hall–Kier alpha value is -5.46. The monoisotopic (exact) mass is 668 g/mol. The molecule has 7 aliphatic rings. The SMILES string of the molecule is C1=CCCC(c2ccc(C=CC3=CC=C(C4=c5ccccc5=C(C5=CC6=C(C=CCC6)C6C=CC=CC56)C5C=CC=CC45)CC3)c3ccccc23)=C1. The Labute approximate surface area is 308 Å². The van der Waals surface area contributed by atoms with Crippen LogP contribution in [0.15, 0.2) is 192 Å². The van der Waals surface area contributed by atoms with Gasteiger partial charge in [-0.05, 0) is 115 Å². The predicted molar refractivity (Wildman–Crippen MR) is 221 cm³/mol. The van der Waals surface area contributed by atoms with Crippen LogP contribution in [-0.2, 0) is 0 Å². The number of benzene rings is 3. The fraction of sp³-hybridized carbons (Fsp3) is 0.192. The predicted octanol–water partition coefficient (Wildman–Crippen LogP) is 11.6. The Kier molecular flexibility index (Phi) is 7.98. The molecule has 0 aliphatic heterocycles. The molecule has 0 saturated heterocycles. The van der Waals surface area contributed by atoms with Crippen molar-refractivity contribution in [2.24, 2.45) is 23.7 Å². The number of fused-ring (bicyclic) bond motifs is 5. The minimum Gasteiger partial charge on any atom is -0.0842 e. The van der Waals surface area contributed by atoms with Crippen molar-refractivity contribution in [3.63, 3.8) is 0 Å². The van der Waals surface area contributed by atoms with E-state index in [1.807, 2.05) is 0 Å². The van der Waals surface area contributed by atoms with E-state index in [0.717, 1.165) is 38.5 Å². The van der Waals surface area contributed by atoms with Crippen molar-refractivity contribution in [2.75, 3.05) is 0 Å². The molecule has 52 heavy (non-hydrogen) atoms. The number of hydrogen-bond donors (Lipinski definition) is 0. The van der Waals surface area contributed by atoms with Crippen LogP contribution in [0.25, 0.3) is 33.6 Å². The van der Waals surface area contributed by atoms with Crippen LogP contribution in [-0.4, -0.2) is 0 Å². The van der Waals surface area contributed by atoms with Crippen molar-refractivity contribution in [3.05, 3.63) is 213 Å². The highest BCUT2D eigenvalue weighted by Gasteiger charge is 2.39. The normalized spacial score (nSPS) is 25.8. The van der Waals surface area contributed by atoms with Crippen molar-refractivity contribution in [1.82, 2.24) is 0 Å². The molecule has 3 aromatic carbocycles. The number of allylic oxidation sites excluding steroid dienone is 23. The van der Waals surface area contributed by atoms with E-state index in [9.17, 15) is 0 Å². The lowest BCUT2D eigenvalue weighted by Crippen LogP contribution is -2.42. The molecule has 0 heteroatoms. The smallest absolute Gasteiger partial charge is 0.0134 e. The van der Waals surface area contributed by atoms with E-state index < -0.39 is 0 Å². The van der Waals surface area contributed by atoms with Crippen LogP contribution in [0, 0.1) is 23.7 Å². The average molecular weight is 669 g/mol. The molecular weight excluding hydrogens is 625 g/mol. The molecule has 0 radical (unpaired) electrons. The van der Waals surface area contributed by atoms with Gasteiger partial charge in [-0.15, -0.1) is 0 Å². The molecule has 252 valence electrons. The van der Waals surface area contributed by atoms with Crippen molar-refractivity contribution < 1.29 is 0 Å². The molecule has 0 fully saturated rings. The summed E-state index contributed by atoms with van der Waals surface area (Å²) in [6.45, 7) is 0. The minimum atomic E-state index is 0.324. The molecule has 0 aromatic heterocycles. The molecule has 0 amide bonds. The summed E-state index contributed by atoms with van der Waals surface area (Å²) in [5.41, 5.74) is 14.6. The summed E-state index contributed by atoms with van der Waals surface area (Å²) in [5, 5.41) is 5.52. The third-order valence-corrected chi connectivity index (χ3v) is 12.4. The lowest BCUT2D eigenvalue weighted by Gasteiger charge is -2.40. The summed E-state index contributed by atoms with van der Waals surface area (Å²) >= 11 is 0. The highest BCUT2D eigenvalue weighted by atomic mass is 14.4. The van der Waals surface area contributed by atoms with Crippen molar-refractivity contribution in [2.45, 2.75) is 38.5 Å². The summed E-state index contributed by atoms with van der Waals surface area (Å²) in [6.07, 6.45) is 49.2. The van der Waals surface area contributed by atoms with E-state index in [1.54, 1.807) is 0 Å². The Morgan fingerprint density at radius 3 is 2.04 bits per heavy atom.